The van der Waals surface area contributed by atoms with Gasteiger partial charge in [0.1, 0.15) is 0 Å². The lowest BCUT2D eigenvalue weighted by Crippen LogP contribution is -2.29. The predicted molar refractivity (Wildman–Crippen MR) is 116 cm³/mol. The molecule has 0 spiro atoms. The number of amides is 3. The number of pyridine rings is 1. The van der Waals surface area contributed by atoms with Gasteiger partial charge in [-0.05, 0) is 30.7 Å². The van der Waals surface area contributed by atoms with E-state index >= 15 is 0 Å². The van der Waals surface area contributed by atoms with Crippen LogP contribution in [0.2, 0.25) is 10.0 Å². The third-order valence-corrected chi connectivity index (χ3v) is 5.66. The van der Waals surface area contributed by atoms with E-state index in [1.165, 1.54) is 0 Å². The number of likely N-dealkylation sites (N-methyl/N-ethyl adjacent to an activating group) is 1. The van der Waals surface area contributed by atoms with E-state index in [0.29, 0.717) is 24.3 Å². The van der Waals surface area contributed by atoms with Crippen molar-refractivity contribution in [1.29, 1.82) is 0 Å². The van der Waals surface area contributed by atoms with E-state index < -0.39 is 5.91 Å². The van der Waals surface area contributed by atoms with Gasteiger partial charge in [-0.15, -0.1) is 0 Å². The third-order valence-electron chi connectivity index (χ3n) is 5.03. The van der Waals surface area contributed by atoms with Gasteiger partial charge in [-0.25, -0.2) is 4.79 Å². The molecule has 0 saturated carbocycles. The smallest absolute Gasteiger partial charge is 0.324 e. The number of fused-ring (bicyclic) bond motifs is 1. The number of benzene rings is 2. The number of halogens is 2. The molecule has 2 aromatic carbocycles. The Hall–Kier alpha value is -2.83. The van der Waals surface area contributed by atoms with E-state index in [-0.39, 0.29) is 21.6 Å². The molecule has 0 bridgehead atoms. The van der Waals surface area contributed by atoms with E-state index in [2.05, 4.69) is 10.3 Å². The fourth-order valence-corrected chi connectivity index (χ4v) is 4.03. The summed E-state index contributed by atoms with van der Waals surface area (Å²) in [6.07, 6.45) is 1.64. The average molecular weight is 429 g/mol. The second-order valence-electron chi connectivity index (χ2n) is 6.89. The van der Waals surface area contributed by atoms with Crippen molar-refractivity contribution >= 4 is 57.4 Å². The minimum atomic E-state index is -0.416. The first-order valence-corrected chi connectivity index (χ1v) is 9.80. The summed E-state index contributed by atoms with van der Waals surface area (Å²) < 4.78 is 0. The highest BCUT2D eigenvalue weighted by Crippen LogP contribution is 2.34. The normalized spacial score (nSPS) is 14.0. The van der Waals surface area contributed by atoms with Gasteiger partial charge in [-0.2, -0.15) is 0 Å². The molecule has 0 radical (unpaired) electrons. The lowest BCUT2D eigenvalue weighted by Gasteiger charge is -2.20. The van der Waals surface area contributed by atoms with Gasteiger partial charge in [0.2, 0.25) is 0 Å². The number of nitrogens with zero attached hydrogens (tertiary/aromatic N) is 3. The molecule has 8 heteroatoms. The topological polar surface area (TPSA) is 65.5 Å². The molecular weight excluding hydrogens is 411 g/mol. The molecule has 2 heterocycles. The van der Waals surface area contributed by atoms with E-state index in [1.54, 1.807) is 41.2 Å². The van der Waals surface area contributed by atoms with Crippen molar-refractivity contribution in [2.45, 2.75) is 6.92 Å². The number of aromatic nitrogens is 1. The quantitative estimate of drug-likeness (QED) is 0.639. The highest BCUT2D eigenvalue weighted by molar-refractivity contribution is 6.40. The average Bonchev–Trinajstić information content (AvgIpc) is 3.02. The SMILES string of the molecule is Cc1ccc2c(N3CCN(C)C3=O)ccnc2c1NC(=O)c1c(Cl)cccc1Cl. The van der Waals surface area contributed by atoms with E-state index in [0.717, 1.165) is 16.6 Å². The zero-order chi connectivity index (χ0) is 20.7. The molecule has 1 aliphatic rings. The maximum absolute atomic E-state index is 12.9. The molecule has 6 nitrogen and oxygen atoms in total. The molecule has 148 valence electrons. The van der Waals surface area contributed by atoms with Gasteiger partial charge in [0.05, 0.1) is 32.5 Å². The molecule has 1 fully saturated rings. The van der Waals surface area contributed by atoms with Crippen LogP contribution < -0.4 is 10.2 Å². The van der Waals surface area contributed by atoms with Crippen molar-refractivity contribution in [2.24, 2.45) is 0 Å². The van der Waals surface area contributed by atoms with Crippen molar-refractivity contribution in [2.75, 3.05) is 30.4 Å². The van der Waals surface area contributed by atoms with Crippen molar-refractivity contribution < 1.29 is 9.59 Å². The summed E-state index contributed by atoms with van der Waals surface area (Å²) in [5.74, 6) is -0.416. The van der Waals surface area contributed by atoms with Crippen LogP contribution in [0.15, 0.2) is 42.6 Å². The van der Waals surface area contributed by atoms with Crippen molar-refractivity contribution in [1.82, 2.24) is 9.88 Å². The highest BCUT2D eigenvalue weighted by atomic mass is 35.5. The van der Waals surface area contributed by atoms with Crippen LogP contribution in [-0.2, 0) is 0 Å². The first-order chi connectivity index (χ1) is 13.9. The van der Waals surface area contributed by atoms with Gasteiger partial charge in [0.15, 0.2) is 0 Å². The Morgan fingerprint density at radius 1 is 1.10 bits per heavy atom. The molecular formula is C21H18Cl2N4O2. The molecule has 4 rings (SSSR count). The number of urea groups is 1. The molecule has 0 atom stereocenters. The number of hydrogen-bond acceptors (Lipinski definition) is 3. The fourth-order valence-electron chi connectivity index (χ4n) is 3.46. The maximum atomic E-state index is 12.9. The number of carbonyl (C=O) groups excluding carboxylic acids is 2. The molecule has 29 heavy (non-hydrogen) atoms. The number of carbonyl (C=O) groups is 2. The van der Waals surface area contributed by atoms with Crippen LogP contribution in [0.5, 0.6) is 0 Å². The first kappa shape index (κ1) is 19.5. The maximum Gasteiger partial charge on any atom is 0.324 e. The Bertz CT molecular complexity index is 1130. The Balaban J connectivity index is 1.79. The van der Waals surface area contributed by atoms with E-state index in [4.69, 9.17) is 23.2 Å². The molecule has 3 aromatic rings. The van der Waals surface area contributed by atoms with Gasteiger partial charge in [0.25, 0.3) is 5.91 Å². The standard InChI is InChI=1S/C21H18Cl2N4O2/c1-12-6-7-13-16(27-11-10-26(2)21(27)29)8-9-24-19(13)18(12)25-20(28)17-14(22)4-3-5-15(17)23/h3-9H,10-11H2,1-2H3,(H,25,28). The van der Waals surface area contributed by atoms with Crippen molar-refractivity contribution in [3.05, 3.63) is 63.8 Å². The molecule has 1 N–H and O–H groups in total. The Morgan fingerprint density at radius 2 is 1.83 bits per heavy atom. The molecule has 1 aliphatic heterocycles. The number of rotatable bonds is 3. The molecule has 1 saturated heterocycles. The number of hydrogen-bond donors (Lipinski definition) is 1. The van der Waals surface area contributed by atoms with Gasteiger partial charge in [0, 0.05) is 31.7 Å². The fraction of sp³-hybridized carbons (Fsp3) is 0.190. The summed E-state index contributed by atoms with van der Waals surface area (Å²) >= 11 is 12.4. The van der Waals surface area contributed by atoms with Crippen LogP contribution in [0, 0.1) is 6.92 Å². The third kappa shape index (κ3) is 3.39. The van der Waals surface area contributed by atoms with Crippen molar-refractivity contribution in [3.63, 3.8) is 0 Å². The summed E-state index contributed by atoms with van der Waals surface area (Å²) in [5, 5.41) is 4.23. The van der Waals surface area contributed by atoms with Crippen LogP contribution >= 0.6 is 23.2 Å². The number of anilines is 2. The minimum absolute atomic E-state index is 0.0634. The zero-order valence-corrected chi connectivity index (χ0v) is 17.4. The molecule has 1 aromatic heterocycles. The molecule has 3 amide bonds. The summed E-state index contributed by atoms with van der Waals surface area (Å²) in [5.41, 5.74) is 2.96. The second kappa shape index (κ2) is 7.54. The van der Waals surface area contributed by atoms with E-state index in [9.17, 15) is 9.59 Å². The lowest BCUT2D eigenvalue weighted by molar-refractivity contribution is 0.102. The van der Waals surface area contributed by atoms with Gasteiger partial charge in [-0.3, -0.25) is 14.7 Å². The zero-order valence-electron chi connectivity index (χ0n) is 15.9. The van der Waals surface area contributed by atoms with Crippen LogP contribution in [0.25, 0.3) is 10.9 Å². The summed E-state index contributed by atoms with van der Waals surface area (Å²) in [4.78, 5) is 33.2. The number of nitrogens with one attached hydrogen (secondary N) is 1. The molecule has 0 aliphatic carbocycles. The van der Waals surface area contributed by atoms with Gasteiger partial charge >= 0.3 is 6.03 Å². The highest BCUT2D eigenvalue weighted by Gasteiger charge is 2.28. The Labute approximate surface area is 178 Å². The predicted octanol–water partition coefficient (Wildman–Crippen LogP) is 4.97. The van der Waals surface area contributed by atoms with Crippen LogP contribution in [0.1, 0.15) is 15.9 Å². The largest absolute Gasteiger partial charge is 0.326 e. The molecule has 0 unspecified atom stereocenters. The van der Waals surface area contributed by atoms with Crippen LogP contribution in [-0.4, -0.2) is 42.0 Å². The lowest BCUT2D eigenvalue weighted by atomic mass is 10.1. The first-order valence-electron chi connectivity index (χ1n) is 9.05. The van der Waals surface area contributed by atoms with Crippen LogP contribution in [0.3, 0.4) is 0 Å². The summed E-state index contributed by atoms with van der Waals surface area (Å²) in [6.45, 7) is 3.13. The second-order valence-corrected chi connectivity index (χ2v) is 7.70. The number of aryl methyl sites for hydroxylation is 1. The van der Waals surface area contributed by atoms with Gasteiger partial charge in [-0.1, -0.05) is 41.4 Å². The van der Waals surface area contributed by atoms with Crippen molar-refractivity contribution in [3.8, 4) is 0 Å². The van der Waals surface area contributed by atoms with Crippen LogP contribution in [0.4, 0.5) is 16.2 Å². The summed E-state index contributed by atoms with van der Waals surface area (Å²) in [7, 11) is 1.77. The Morgan fingerprint density at radius 3 is 2.48 bits per heavy atom. The summed E-state index contributed by atoms with van der Waals surface area (Å²) in [6, 6.07) is 10.5. The Kier molecular flexibility index (Phi) is 5.06. The minimum Gasteiger partial charge on any atom is -0.326 e. The monoisotopic (exact) mass is 428 g/mol. The van der Waals surface area contributed by atoms with E-state index in [1.807, 2.05) is 25.1 Å². The van der Waals surface area contributed by atoms with Gasteiger partial charge < -0.3 is 10.2 Å².